The van der Waals surface area contributed by atoms with Crippen LogP contribution < -0.4 is 15.8 Å². The maximum atomic E-state index is 12.0. The molecule has 0 aliphatic carbocycles. The van der Waals surface area contributed by atoms with E-state index in [-0.39, 0.29) is 11.6 Å². The molecule has 0 unspecified atom stereocenters. The topological polar surface area (TPSA) is 63.1 Å². The van der Waals surface area contributed by atoms with Gasteiger partial charge in [-0.15, -0.1) is 0 Å². The van der Waals surface area contributed by atoms with E-state index in [2.05, 4.69) is 20.2 Å². The maximum absolute atomic E-state index is 12.0. The molecule has 1 aliphatic rings. The zero-order valence-electron chi connectivity index (χ0n) is 11.7. The summed E-state index contributed by atoms with van der Waals surface area (Å²) >= 11 is 6.17. The number of hydrogen-bond donors (Lipinski definition) is 1. The molecule has 2 aromatic rings. The van der Waals surface area contributed by atoms with Gasteiger partial charge in [-0.05, 0) is 18.6 Å². The highest BCUT2D eigenvalue weighted by Gasteiger charge is 2.25. The second-order valence-corrected chi connectivity index (χ2v) is 5.48. The first-order valence-corrected chi connectivity index (χ1v) is 7.16. The van der Waals surface area contributed by atoms with Crippen LogP contribution in [0.2, 0.25) is 5.02 Å². The summed E-state index contributed by atoms with van der Waals surface area (Å²) in [5, 5.41) is 3.86. The molecule has 0 spiro atoms. The molecular formula is C14H16ClN5O. The van der Waals surface area contributed by atoms with Crippen molar-refractivity contribution in [2.24, 2.45) is 7.05 Å². The normalized spacial score (nSPS) is 18.0. The van der Waals surface area contributed by atoms with Crippen molar-refractivity contribution in [3.8, 4) is 0 Å². The summed E-state index contributed by atoms with van der Waals surface area (Å²) in [5.41, 5.74) is -0.119. The van der Waals surface area contributed by atoms with Crippen LogP contribution >= 0.6 is 11.6 Å². The molecule has 1 saturated heterocycles. The number of pyridine rings is 1. The smallest absolute Gasteiger partial charge is 0.293 e. The lowest BCUT2D eigenvalue weighted by atomic mass is 10.2. The van der Waals surface area contributed by atoms with Crippen molar-refractivity contribution < 1.29 is 0 Å². The number of rotatable bonds is 3. The second-order valence-electron chi connectivity index (χ2n) is 5.08. The molecule has 3 heterocycles. The van der Waals surface area contributed by atoms with Crippen LogP contribution in [0.15, 0.2) is 35.5 Å². The molecule has 1 N–H and O–H groups in total. The Hall–Kier alpha value is -2.08. The highest BCUT2D eigenvalue weighted by molar-refractivity contribution is 6.32. The van der Waals surface area contributed by atoms with E-state index in [4.69, 9.17) is 11.6 Å². The lowest BCUT2D eigenvalue weighted by molar-refractivity contribution is 0.777. The molecule has 1 atom stereocenters. The van der Waals surface area contributed by atoms with Gasteiger partial charge in [-0.3, -0.25) is 4.79 Å². The molecular weight excluding hydrogens is 290 g/mol. The standard InChI is InChI=1S/C14H16ClN5O/c1-19-8-6-16-12(14(19)21)18-10-4-7-20(9-10)13-11(15)3-2-5-17-13/h2-3,5-6,8,10H,4,7,9H2,1H3,(H,16,18)/t10-/m1/s1. The number of aryl methyl sites for hydroxylation is 1. The Morgan fingerprint density at radius 2 is 2.24 bits per heavy atom. The van der Waals surface area contributed by atoms with E-state index in [1.165, 1.54) is 4.57 Å². The summed E-state index contributed by atoms with van der Waals surface area (Å²) < 4.78 is 1.51. The Bertz CT molecular complexity index is 702. The van der Waals surface area contributed by atoms with Gasteiger partial charge in [0.1, 0.15) is 5.82 Å². The summed E-state index contributed by atoms with van der Waals surface area (Å²) in [6, 6.07) is 3.81. The summed E-state index contributed by atoms with van der Waals surface area (Å²) in [6.07, 6.45) is 5.90. The van der Waals surface area contributed by atoms with E-state index < -0.39 is 0 Å². The van der Waals surface area contributed by atoms with E-state index in [1.54, 1.807) is 25.6 Å². The fourth-order valence-corrected chi connectivity index (χ4v) is 2.71. The van der Waals surface area contributed by atoms with Gasteiger partial charge in [0.2, 0.25) is 0 Å². The van der Waals surface area contributed by atoms with Crippen molar-refractivity contribution in [3.63, 3.8) is 0 Å². The van der Waals surface area contributed by atoms with Crippen LogP contribution in [0, 0.1) is 0 Å². The fourth-order valence-electron chi connectivity index (χ4n) is 2.47. The van der Waals surface area contributed by atoms with Crippen LogP contribution in [0.4, 0.5) is 11.6 Å². The van der Waals surface area contributed by atoms with Crippen molar-refractivity contribution in [2.75, 3.05) is 23.3 Å². The first-order chi connectivity index (χ1) is 10.1. The number of nitrogens with one attached hydrogen (secondary N) is 1. The number of anilines is 2. The second kappa shape index (κ2) is 5.73. The Balaban J connectivity index is 1.72. The third kappa shape index (κ3) is 2.85. The molecule has 0 radical (unpaired) electrons. The number of nitrogens with zero attached hydrogens (tertiary/aromatic N) is 4. The van der Waals surface area contributed by atoms with Gasteiger partial charge in [-0.25, -0.2) is 9.97 Å². The third-order valence-electron chi connectivity index (χ3n) is 3.58. The molecule has 2 aromatic heterocycles. The van der Waals surface area contributed by atoms with E-state index in [0.29, 0.717) is 10.8 Å². The molecule has 1 fully saturated rings. The van der Waals surface area contributed by atoms with Crippen molar-refractivity contribution in [2.45, 2.75) is 12.5 Å². The zero-order chi connectivity index (χ0) is 14.8. The highest BCUT2D eigenvalue weighted by atomic mass is 35.5. The van der Waals surface area contributed by atoms with Gasteiger partial charge < -0.3 is 14.8 Å². The van der Waals surface area contributed by atoms with Crippen molar-refractivity contribution in [3.05, 3.63) is 46.1 Å². The molecule has 3 rings (SSSR count). The van der Waals surface area contributed by atoms with Gasteiger partial charge in [0.05, 0.1) is 5.02 Å². The van der Waals surface area contributed by atoms with Gasteiger partial charge in [0.25, 0.3) is 5.56 Å². The molecule has 0 amide bonds. The van der Waals surface area contributed by atoms with Crippen LogP contribution in [0.3, 0.4) is 0 Å². The Kier molecular flexibility index (Phi) is 3.79. The molecule has 7 heteroatoms. The molecule has 110 valence electrons. The average molecular weight is 306 g/mol. The van der Waals surface area contributed by atoms with Crippen LogP contribution in [-0.2, 0) is 7.05 Å². The van der Waals surface area contributed by atoms with Crippen LogP contribution in [0.25, 0.3) is 0 Å². The zero-order valence-corrected chi connectivity index (χ0v) is 12.4. The Morgan fingerprint density at radius 1 is 1.38 bits per heavy atom. The maximum Gasteiger partial charge on any atom is 0.293 e. The number of aromatic nitrogens is 3. The van der Waals surface area contributed by atoms with Crippen molar-refractivity contribution >= 4 is 23.2 Å². The third-order valence-corrected chi connectivity index (χ3v) is 3.88. The molecule has 6 nitrogen and oxygen atoms in total. The largest absolute Gasteiger partial charge is 0.361 e. The Labute approximate surface area is 127 Å². The lowest BCUT2D eigenvalue weighted by Crippen LogP contribution is -2.31. The first kappa shape index (κ1) is 13.9. The van der Waals surface area contributed by atoms with Gasteiger partial charge in [-0.1, -0.05) is 11.6 Å². The van der Waals surface area contributed by atoms with Crippen molar-refractivity contribution in [1.29, 1.82) is 0 Å². The fraction of sp³-hybridized carbons (Fsp3) is 0.357. The quantitative estimate of drug-likeness (QED) is 0.931. The van der Waals surface area contributed by atoms with Crippen LogP contribution in [-0.4, -0.2) is 33.7 Å². The molecule has 0 aromatic carbocycles. The van der Waals surface area contributed by atoms with E-state index in [9.17, 15) is 4.79 Å². The van der Waals surface area contributed by atoms with Crippen molar-refractivity contribution in [1.82, 2.24) is 14.5 Å². The lowest BCUT2D eigenvalue weighted by Gasteiger charge is -2.19. The van der Waals surface area contributed by atoms with Crippen LogP contribution in [0.5, 0.6) is 0 Å². The monoisotopic (exact) mass is 305 g/mol. The molecule has 21 heavy (non-hydrogen) atoms. The molecule has 0 bridgehead atoms. The SMILES string of the molecule is Cn1ccnc(N[C@@H]2CCN(c3ncccc3Cl)C2)c1=O. The summed E-state index contributed by atoms with van der Waals surface area (Å²) in [7, 11) is 1.71. The number of halogens is 1. The van der Waals surface area contributed by atoms with Gasteiger partial charge in [-0.2, -0.15) is 0 Å². The predicted molar refractivity (Wildman–Crippen MR) is 83.0 cm³/mol. The van der Waals surface area contributed by atoms with Gasteiger partial charge >= 0.3 is 0 Å². The summed E-state index contributed by atoms with van der Waals surface area (Å²) in [6.45, 7) is 1.60. The summed E-state index contributed by atoms with van der Waals surface area (Å²) in [4.78, 5) is 22.5. The average Bonchev–Trinajstić information content (AvgIpc) is 2.93. The first-order valence-electron chi connectivity index (χ1n) is 6.79. The minimum absolute atomic E-state index is 0.119. The minimum atomic E-state index is -0.119. The van der Waals surface area contributed by atoms with Gasteiger partial charge in [0.15, 0.2) is 5.82 Å². The van der Waals surface area contributed by atoms with Gasteiger partial charge in [0, 0.05) is 44.8 Å². The highest BCUT2D eigenvalue weighted by Crippen LogP contribution is 2.26. The minimum Gasteiger partial charge on any atom is -0.361 e. The Morgan fingerprint density at radius 3 is 3.05 bits per heavy atom. The number of hydrogen-bond acceptors (Lipinski definition) is 5. The van der Waals surface area contributed by atoms with E-state index in [1.807, 2.05) is 12.1 Å². The molecule has 1 aliphatic heterocycles. The summed E-state index contributed by atoms with van der Waals surface area (Å²) in [5.74, 6) is 1.18. The van der Waals surface area contributed by atoms with E-state index >= 15 is 0 Å². The molecule has 0 saturated carbocycles. The predicted octanol–water partition coefficient (Wildman–Crippen LogP) is 1.52. The van der Waals surface area contributed by atoms with E-state index in [0.717, 1.165) is 25.3 Å². The van der Waals surface area contributed by atoms with Crippen LogP contribution in [0.1, 0.15) is 6.42 Å².